The molecule has 2 saturated carbocycles. The number of rotatable bonds is 4. The smallest absolute Gasteiger partial charge is 0.0652 e. The Balaban J connectivity index is 1.52. The maximum atomic E-state index is 5.54. The predicted molar refractivity (Wildman–Crippen MR) is 73.7 cm³/mol. The molecule has 0 bridgehead atoms. The van der Waals surface area contributed by atoms with Gasteiger partial charge in [-0.05, 0) is 32.6 Å². The van der Waals surface area contributed by atoms with Gasteiger partial charge >= 0.3 is 0 Å². The Bertz CT molecular complexity index is 314. The summed E-state index contributed by atoms with van der Waals surface area (Å²) < 4.78 is 5.54. The summed E-state index contributed by atoms with van der Waals surface area (Å²) in [6.45, 7) is 8.32. The third-order valence-electron chi connectivity index (χ3n) is 5.54. The van der Waals surface area contributed by atoms with Gasteiger partial charge in [0.05, 0.1) is 6.10 Å². The fourth-order valence-corrected chi connectivity index (χ4v) is 3.94. The van der Waals surface area contributed by atoms with E-state index < -0.39 is 0 Å². The molecule has 1 saturated heterocycles. The Morgan fingerprint density at radius 3 is 2.50 bits per heavy atom. The standard InChI is InChI=1S/C15H28N2O/c1-10-7-11(9-17(10)12-5-6-12)16-13-8-14(18-4)15(13,2)3/h10-14,16H,5-9H2,1-4H3. The fraction of sp³-hybridized carbons (Fsp3) is 1.00. The van der Waals surface area contributed by atoms with E-state index in [1.54, 1.807) is 0 Å². The summed E-state index contributed by atoms with van der Waals surface area (Å²) in [6.07, 6.45) is 5.79. The van der Waals surface area contributed by atoms with Crippen molar-refractivity contribution < 1.29 is 4.74 Å². The highest BCUT2D eigenvalue weighted by atomic mass is 16.5. The molecule has 3 aliphatic rings. The van der Waals surface area contributed by atoms with E-state index in [4.69, 9.17) is 4.74 Å². The second-order valence-corrected chi connectivity index (χ2v) is 7.21. The van der Waals surface area contributed by atoms with E-state index in [2.05, 4.69) is 31.0 Å². The zero-order valence-corrected chi connectivity index (χ0v) is 12.3. The summed E-state index contributed by atoms with van der Waals surface area (Å²) in [4.78, 5) is 2.72. The Kier molecular flexibility index (Phi) is 3.20. The third kappa shape index (κ3) is 2.10. The van der Waals surface area contributed by atoms with Gasteiger partial charge in [-0.15, -0.1) is 0 Å². The maximum Gasteiger partial charge on any atom is 0.0652 e. The minimum Gasteiger partial charge on any atom is -0.381 e. The van der Waals surface area contributed by atoms with Gasteiger partial charge in [0.1, 0.15) is 0 Å². The molecule has 3 rings (SSSR count). The van der Waals surface area contributed by atoms with Crippen LogP contribution in [-0.4, -0.2) is 48.8 Å². The van der Waals surface area contributed by atoms with Crippen LogP contribution in [0.25, 0.3) is 0 Å². The van der Waals surface area contributed by atoms with E-state index in [1.807, 2.05) is 7.11 Å². The number of hydrogen-bond donors (Lipinski definition) is 1. The zero-order valence-electron chi connectivity index (χ0n) is 12.3. The number of nitrogens with one attached hydrogen (secondary N) is 1. The van der Waals surface area contributed by atoms with E-state index in [1.165, 1.54) is 32.2 Å². The third-order valence-corrected chi connectivity index (χ3v) is 5.54. The summed E-state index contributed by atoms with van der Waals surface area (Å²) in [5.41, 5.74) is 0.297. The van der Waals surface area contributed by atoms with E-state index in [9.17, 15) is 0 Å². The number of nitrogens with zero attached hydrogens (tertiary/aromatic N) is 1. The lowest BCUT2D eigenvalue weighted by atomic mass is 9.64. The van der Waals surface area contributed by atoms with E-state index >= 15 is 0 Å². The topological polar surface area (TPSA) is 24.5 Å². The van der Waals surface area contributed by atoms with Crippen LogP contribution in [0.5, 0.6) is 0 Å². The Morgan fingerprint density at radius 1 is 1.22 bits per heavy atom. The van der Waals surface area contributed by atoms with Gasteiger partial charge in [-0.25, -0.2) is 0 Å². The first-order valence-electron chi connectivity index (χ1n) is 7.57. The molecule has 18 heavy (non-hydrogen) atoms. The number of methoxy groups -OCH3 is 1. The van der Waals surface area contributed by atoms with Crippen molar-refractivity contribution in [2.24, 2.45) is 5.41 Å². The summed E-state index contributed by atoms with van der Waals surface area (Å²) in [6, 6.07) is 3.02. The second kappa shape index (κ2) is 4.46. The molecule has 4 unspecified atom stereocenters. The van der Waals surface area contributed by atoms with Gasteiger partial charge in [0, 0.05) is 43.2 Å². The molecule has 0 aromatic rings. The van der Waals surface area contributed by atoms with Crippen LogP contribution in [0, 0.1) is 5.41 Å². The van der Waals surface area contributed by atoms with Crippen LogP contribution in [0.1, 0.15) is 46.5 Å². The molecule has 0 spiro atoms. The van der Waals surface area contributed by atoms with Crippen molar-refractivity contribution in [1.29, 1.82) is 0 Å². The van der Waals surface area contributed by atoms with Crippen molar-refractivity contribution >= 4 is 0 Å². The largest absolute Gasteiger partial charge is 0.381 e. The van der Waals surface area contributed by atoms with Crippen LogP contribution >= 0.6 is 0 Å². The first-order chi connectivity index (χ1) is 8.52. The minimum absolute atomic E-state index is 0.297. The molecule has 0 amide bonds. The fourth-order valence-electron chi connectivity index (χ4n) is 3.94. The van der Waals surface area contributed by atoms with Gasteiger partial charge in [-0.3, -0.25) is 4.90 Å². The molecule has 1 aliphatic heterocycles. The van der Waals surface area contributed by atoms with E-state index in [0.717, 1.165) is 12.1 Å². The summed E-state index contributed by atoms with van der Waals surface area (Å²) in [7, 11) is 1.84. The molecule has 0 radical (unpaired) electrons. The zero-order chi connectivity index (χ0) is 12.9. The Labute approximate surface area is 111 Å². The lowest BCUT2D eigenvalue weighted by Crippen LogP contribution is -2.62. The first kappa shape index (κ1) is 12.9. The highest BCUT2D eigenvalue weighted by Crippen LogP contribution is 2.43. The highest BCUT2D eigenvalue weighted by Gasteiger charge is 2.50. The average molecular weight is 252 g/mol. The molecular weight excluding hydrogens is 224 g/mol. The molecule has 0 aromatic carbocycles. The Hall–Kier alpha value is -0.120. The molecule has 2 aliphatic carbocycles. The second-order valence-electron chi connectivity index (χ2n) is 7.21. The van der Waals surface area contributed by atoms with Crippen LogP contribution in [0.15, 0.2) is 0 Å². The lowest BCUT2D eigenvalue weighted by molar-refractivity contribution is -0.0999. The quantitative estimate of drug-likeness (QED) is 0.828. The molecular formula is C15H28N2O. The molecule has 1 N–H and O–H groups in total. The van der Waals surface area contributed by atoms with E-state index in [-0.39, 0.29) is 0 Å². The molecule has 0 aromatic heterocycles. The average Bonchev–Trinajstić information content (AvgIpc) is 3.09. The van der Waals surface area contributed by atoms with Crippen molar-refractivity contribution in [3.8, 4) is 0 Å². The van der Waals surface area contributed by atoms with Crippen LogP contribution in [0.2, 0.25) is 0 Å². The van der Waals surface area contributed by atoms with Gasteiger partial charge in [0.25, 0.3) is 0 Å². The molecule has 1 heterocycles. The van der Waals surface area contributed by atoms with Gasteiger partial charge < -0.3 is 10.1 Å². The van der Waals surface area contributed by atoms with Gasteiger partial charge in [0.2, 0.25) is 0 Å². The summed E-state index contributed by atoms with van der Waals surface area (Å²) in [5, 5.41) is 3.89. The van der Waals surface area contributed by atoms with Crippen molar-refractivity contribution in [1.82, 2.24) is 10.2 Å². The van der Waals surface area contributed by atoms with Crippen molar-refractivity contribution in [2.45, 2.75) is 76.7 Å². The Morgan fingerprint density at radius 2 is 1.94 bits per heavy atom. The minimum atomic E-state index is 0.297. The summed E-state index contributed by atoms with van der Waals surface area (Å²) >= 11 is 0. The van der Waals surface area contributed by atoms with Crippen LogP contribution in [0.4, 0.5) is 0 Å². The number of likely N-dealkylation sites (tertiary alicyclic amines) is 1. The van der Waals surface area contributed by atoms with Crippen molar-refractivity contribution in [3.05, 3.63) is 0 Å². The SMILES string of the molecule is COC1CC(NC2CC(C)N(C3CC3)C2)C1(C)C. The van der Waals surface area contributed by atoms with Crippen molar-refractivity contribution in [3.63, 3.8) is 0 Å². The molecule has 4 atom stereocenters. The molecule has 3 fully saturated rings. The van der Waals surface area contributed by atoms with Gasteiger partial charge in [-0.2, -0.15) is 0 Å². The van der Waals surface area contributed by atoms with Gasteiger partial charge in [-0.1, -0.05) is 13.8 Å². The lowest BCUT2D eigenvalue weighted by Gasteiger charge is -2.52. The number of hydrogen-bond acceptors (Lipinski definition) is 3. The number of ether oxygens (including phenoxy) is 1. The van der Waals surface area contributed by atoms with Crippen LogP contribution < -0.4 is 5.32 Å². The molecule has 3 heteroatoms. The highest BCUT2D eigenvalue weighted by molar-refractivity contribution is 5.05. The van der Waals surface area contributed by atoms with Crippen LogP contribution in [0.3, 0.4) is 0 Å². The normalized spacial score (nSPS) is 44.0. The predicted octanol–water partition coefficient (Wildman–Crippen LogP) is 2.01. The maximum absolute atomic E-state index is 5.54. The van der Waals surface area contributed by atoms with Crippen LogP contribution in [-0.2, 0) is 4.74 Å². The van der Waals surface area contributed by atoms with E-state index in [0.29, 0.717) is 23.6 Å². The monoisotopic (exact) mass is 252 g/mol. The molecule has 3 nitrogen and oxygen atoms in total. The van der Waals surface area contributed by atoms with Crippen molar-refractivity contribution in [2.75, 3.05) is 13.7 Å². The summed E-state index contributed by atoms with van der Waals surface area (Å²) in [5.74, 6) is 0. The van der Waals surface area contributed by atoms with Gasteiger partial charge in [0.15, 0.2) is 0 Å². The first-order valence-corrected chi connectivity index (χ1v) is 7.57. The molecule has 104 valence electrons.